The van der Waals surface area contributed by atoms with Gasteiger partial charge in [-0.1, -0.05) is 30.3 Å². The summed E-state index contributed by atoms with van der Waals surface area (Å²) in [7, 11) is 0. The van der Waals surface area contributed by atoms with E-state index < -0.39 is 0 Å². The van der Waals surface area contributed by atoms with Crippen molar-refractivity contribution in [2.24, 2.45) is 0 Å². The average Bonchev–Trinajstić information content (AvgIpc) is 2.90. The van der Waals surface area contributed by atoms with E-state index in [0.717, 1.165) is 38.3 Å². The first-order chi connectivity index (χ1) is 8.43. The minimum Gasteiger partial charge on any atom is -0.379 e. The second-order valence-corrected chi connectivity index (χ2v) is 5.22. The first-order valence-electron chi connectivity index (χ1n) is 6.80. The number of morpholine rings is 1. The molecule has 1 saturated carbocycles. The average molecular weight is 231 g/mol. The molecule has 2 fully saturated rings. The maximum Gasteiger partial charge on any atom is 0.0594 e. The summed E-state index contributed by atoms with van der Waals surface area (Å²) in [5.74, 6) is 0.782. The van der Waals surface area contributed by atoms with Crippen LogP contribution in [0.4, 0.5) is 0 Å². The molecule has 1 saturated heterocycles. The topological polar surface area (TPSA) is 12.5 Å². The zero-order valence-electron chi connectivity index (χ0n) is 10.3. The third-order valence-electron chi connectivity index (χ3n) is 4.24. The van der Waals surface area contributed by atoms with Crippen molar-refractivity contribution in [3.8, 4) is 0 Å². The summed E-state index contributed by atoms with van der Waals surface area (Å²) in [6.07, 6.45) is 4.05. The van der Waals surface area contributed by atoms with Crippen LogP contribution >= 0.6 is 0 Å². The fourth-order valence-corrected chi connectivity index (χ4v) is 3.26. The molecule has 2 heteroatoms. The van der Waals surface area contributed by atoms with Gasteiger partial charge in [0.05, 0.1) is 13.2 Å². The Bertz CT molecular complexity index is 345. The maximum absolute atomic E-state index is 5.43. The van der Waals surface area contributed by atoms with Crippen LogP contribution in [-0.2, 0) is 4.74 Å². The van der Waals surface area contributed by atoms with Gasteiger partial charge in [-0.05, 0) is 30.7 Å². The maximum atomic E-state index is 5.43. The third-order valence-corrected chi connectivity index (χ3v) is 4.24. The standard InChI is InChI=1S/C15H21NO/c1-2-4-13(5-3-1)14-6-7-15(12-14)16-8-10-17-11-9-16/h1-5,14-15H,6-12H2. The molecule has 0 aromatic heterocycles. The molecule has 1 heterocycles. The molecule has 3 rings (SSSR count). The van der Waals surface area contributed by atoms with Crippen LogP contribution in [0.3, 0.4) is 0 Å². The fourth-order valence-electron chi connectivity index (χ4n) is 3.26. The SMILES string of the molecule is c1ccc(C2CCC(N3CCOCC3)C2)cc1. The molecular weight excluding hydrogens is 210 g/mol. The van der Waals surface area contributed by atoms with E-state index in [9.17, 15) is 0 Å². The lowest BCUT2D eigenvalue weighted by Crippen LogP contribution is -2.42. The van der Waals surface area contributed by atoms with Gasteiger partial charge in [-0.25, -0.2) is 0 Å². The number of hydrogen-bond acceptors (Lipinski definition) is 2. The van der Waals surface area contributed by atoms with Crippen LogP contribution in [0.5, 0.6) is 0 Å². The molecule has 1 aromatic rings. The molecule has 0 spiro atoms. The van der Waals surface area contributed by atoms with Crippen LogP contribution in [0, 0.1) is 0 Å². The van der Waals surface area contributed by atoms with Gasteiger partial charge in [0.15, 0.2) is 0 Å². The number of ether oxygens (including phenoxy) is 1. The molecule has 0 amide bonds. The highest BCUT2D eigenvalue weighted by Gasteiger charge is 2.30. The lowest BCUT2D eigenvalue weighted by molar-refractivity contribution is 0.0177. The van der Waals surface area contributed by atoms with Gasteiger partial charge in [0.25, 0.3) is 0 Å². The molecule has 0 bridgehead atoms. The van der Waals surface area contributed by atoms with Gasteiger partial charge in [-0.2, -0.15) is 0 Å². The second-order valence-electron chi connectivity index (χ2n) is 5.22. The summed E-state index contributed by atoms with van der Waals surface area (Å²) in [5, 5.41) is 0. The van der Waals surface area contributed by atoms with Crippen molar-refractivity contribution in [2.75, 3.05) is 26.3 Å². The lowest BCUT2D eigenvalue weighted by atomic mass is 9.97. The summed E-state index contributed by atoms with van der Waals surface area (Å²) in [6, 6.07) is 11.8. The van der Waals surface area contributed by atoms with E-state index in [0.29, 0.717) is 0 Å². The Morgan fingerprint density at radius 2 is 1.76 bits per heavy atom. The van der Waals surface area contributed by atoms with Gasteiger partial charge < -0.3 is 4.74 Å². The summed E-state index contributed by atoms with van der Waals surface area (Å²) in [5.41, 5.74) is 1.53. The number of rotatable bonds is 2. The highest BCUT2D eigenvalue weighted by molar-refractivity contribution is 5.21. The number of benzene rings is 1. The summed E-state index contributed by atoms with van der Waals surface area (Å²) in [6.45, 7) is 4.11. The molecule has 1 aliphatic heterocycles. The van der Waals surface area contributed by atoms with E-state index >= 15 is 0 Å². The zero-order valence-corrected chi connectivity index (χ0v) is 10.3. The van der Waals surface area contributed by atoms with Gasteiger partial charge >= 0.3 is 0 Å². The predicted molar refractivity (Wildman–Crippen MR) is 69.2 cm³/mol. The van der Waals surface area contributed by atoms with Crippen molar-refractivity contribution >= 4 is 0 Å². The van der Waals surface area contributed by atoms with Gasteiger partial charge in [-0.15, -0.1) is 0 Å². The van der Waals surface area contributed by atoms with E-state index in [-0.39, 0.29) is 0 Å². The first-order valence-corrected chi connectivity index (χ1v) is 6.80. The minimum absolute atomic E-state index is 0.782. The largest absolute Gasteiger partial charge is 0.379 e. The van der Waals surface area contributed by atoms with Crippen LogP contribution in [-0.4, -0.2) is 37.2 Å². The van der Waals surface area contributed by atoms with E-state index in [1.165, 1.54) is 24.8 Å². The molecule has 0 radical (unpaired) electrons. The van der Waals surface area contributed by atoms with Crippen LogP contribution < -0.4 is 0 Å². The first kappa shape index (κ1) is 11.2. The van der Waals surface area contributed by atoms with Crippen LogP contribution in [0.2, 0.25) is 0 Å². The van der Waals surface area contributed by atoms with Crippen LogP contribution in [0.15, 0.2) is 30.3 Å². The highest BCUT2D eigenvalue weighted by atomic mass is 16.5. The Balaban J connectivity index is 1.61. The van der Waals surface area contributed by atoms with Crippen molar-refractivity contribution in [1.82, 2.24) is 4.90 Å². The lowest BCUT2D eigenvalue weighted by Gasteiger charge is -2.32. The van der Waals surface area contributed by atoms with Crippen LogP contribution in [0.1, 0.15) is 30.7 Å². The summed E-state index contributed by atoms with van der Waals surface area (Å²) in [4.78, 5) is 2.63. The van der Waals surface area contributed by atoms with Gasteiger partial charge in [0.1, 0.15) is 0 Å². The van der Waals surface area contributed by atoms with Crippen molar-refractivity contribution < 1.29 is 4.74 Å². The molecular formula is C15H21NO. The second kappa shape index (κ2) is 5.19. The number of hydrogen-bond donors (Lipinski definition) is 0. The highest BCUT2D eigenvalue weighted by Crippen LogP contribution is 2.36. The monoisotopic (exact) mass is 231 g/mol. The van der Waals surface area contributed by atoms with Gasteiger partial charge in [0, 0.05) is 19.1 Å². The Hall–Kier alpha value is -0.860. The molecule has 1 aromatic carbocycles. The molecule has 17 heavy (non-hydrogen) atoms. The molecule has 2 aliphatic rings. The Kier molecular flexibility index (Phi) is 3.44. The molecule has 0 N–H and O–H groups in total. The smallest absolute Gasteiger partial charge is 0.0594 e. The molecule has 92 valence electrons. The van der Waals surface area contributed by atoms with Gasteiger partial charge in [-0.3, -0.25) is 4.90 Å². The van der Waals surface area contributed by atoms with E-state index in [1.54, 1.807) is 0 Å². The number of nitrogens with zero attached hydrogens (tertiary/aromatic N) is 1. The normalized spacial score (nSPS) is 30.6. The Morgan fingerprint density at radius 1 is 1.00 bits per heavy atom. The minimum atomic E-state index is 0.782. The zero-order chi connectivity index (χ0) is 11.5. The van der Waals surface area contributed by atoms with Crippen LogP contribution in [0.25, 0.3) is 0 Å². The quantitative estimate of drug-likeness (QED) is 0.776. The van der Waals surface area contributed by atoms with Crippen molar-refractivity contribution in [3.63, 3.8) is 0 Å². The van der Waals surface area contributed by atoms with E-state index in [2.05, 4.69) is 35.2 Å². The Morgan fingerprint density at radius 3 is 2.53 bits per heavy atom. The Labute approximate surface area is 104 Å². The van der Waals surface area contributed by atoms with Crippen molar-refractivity contribution in [3.05, 3.63) is 35.9 Å². The molecule has 1 aliphatic carbocycles. The van der Waals surface area contributed by atoms with Crippen molar-refractivity contribution in [2.45, 2.75) is 31.2 Å². The van der Waals surface area contributed by atoms with E-state index in [4.69, 9.17) is 4.74 Å². The molecule has 2 atom stereocenters. The van der Waals surface area contributed by atoms with Crippen molar-refractivity contribution in [1.29, 1.82) is 0 Å². The molecule has 2 unspecified atom stereocenters. The third kappa shape index (κ3) is 2.53. The fraction of sp³-hybridized carbons (Fsp3) is 0.600. The summed E-state index contributed by atoms with van der Waals surface area (Å²) >= 11 is 0. The predicted octanol–water partition coefficient (Wildman–Crippen LogP) is 2.65. The summed E-state index contributed by atoms with van der Waals surface area (Å²) < 4.78 is 5.43. The van der Waals surface area contributed by atoms with E-state index in [1.807, 2.05) is 0 Å². The molecule has 2 nitrogen and oxygen atoms in total. The van der Waals surface area contributed by atoms with Gasteiger partial charge in [0.2, 0.25) is 0 Å².